The van der Waals surface area contributed by atoms with Crippen LogP contribution in [0.15, 0.2) is 35.1 Å². The number of benzene rings is 1. The monoisotopic (exact) mass is 416 g/mol. The fourth-order valence-corrected chi connectivity index (χ4v) is 5.13. The van der Waals surface area contributed by atoms with Gasteiger partial charge in [0.25, 0.3) is 5.91 Å². The van der Waals surface area contributed by atoms with Crippen molar-refractivity contribution in [3.8, 4) is 0 Å². The van der Waals surface area contributed by atoms with Gasteiger partial charge < -0.3 is 21.1 Å². The Labute approximate surface area is 171 Å². The number of ketones is 2. The van der Waals surface area contributed by atoms with Gasteiger partial charge in [-0.15, -0.1) is 0 Å². The maximum Gasteiger partial charge on any atom is 0.255 e. The zero-order valence-electron chi connectivity index (χ0n) is 16.3. The summed E-state index contributed by atoms with van der Waals surface area (Å²) in [6, 6.07) is 2.97. The average Bonchev–Trinajstić information content (AvgIpc) is 2.65. The second-order valence-electron chi connectivity index (χ2n) is 8.23. The zero-order valence-corrected chi connectivity index (χ0v) is 16.3. The summed E-state index contributed by atoms with van der Waals surface area (Å²) in [6.45, 7) is 0. The molecule has 8 nitrogen and oxygen atoms in total. The molecule has 3 aliphatic carbocycles. The van der Waals surface area contributed by atoms with Crippen LogP contribution < -0.4 is 5.73 Å². The molecule has 0 saturated heterocycles. The molecule has 0 spiro atoms. The Bertz CT molecular complexity index is 1080. The van der Waals surface area contributed by atoms with Gasteiger partial charge >= 0.3 is 0 Å². The molecule has 9 heteroatoms. The maximum absolute atomic E-state index is 14.3. The van der Waals surface area contributed by atoms with Crippen molar-refractivity contribution in [2.75, 3.05) is 14.1 Å². The molecule has 30 heavy (non-hydrogen) atoms. The third-order valence-electron chi connectivity index (χ3n) is 6.45. The second kappa shape index (κ2) is 6.48. The van der Waals surface area contributed by atoms with Gasteiger partial charge in [-0.3, -0.25) is 19.3 Å². The molecule has 1 saturated carbocycles. The first-order valence-corrected chi connectivity index (χ1v) is 9.44. The van der Waals surface area contributed by atoms with Crippen molar-refractivity contribution in [2.24, 2.45) is 17.6 Å². The number of Topliss-reactive ketones (excluding diaryl/α,β-unsaturated/α-hetero) is 2. The van der Waals surface area contributed by atoms with E-state index in [1.165, 1.54) is 37.2 Å². The summed E-state index contributed by atoms with van der Waals surface area (Å²) in [6.07, 6.45) is 0.0846. The lowest BCUT2D eigenvalue weighted by Gasteiger charge is -2.50. The largest absolute Gasteiger partial charge is 0.508 e. The number of carbonyl (C=O) groups is 3. The smallest absolute Gasteiger partial charge is 0.255 e. The minimum Gasteiger partial charge on any atom is -0.508 e. The van der Waals surface area contributed by atoms with E-state index in [9.17, 15) is 34.1 Å². The number of primary amides is 1. The number of rotatable bonds is 2. The molecule has 158 valence electrons. The molecule has 3 aliphatic rings. The van der Waals surface area contributed by atoms with E-state index in [1.54, 1.807) is 0 Å². The van der Waals surface area contributed by atoms with Crippen LogP contribution >= 0.6 is 0 Å². The van der Waals surface area contributed by atoms with Gasteiger partial charge in [-0.1, -0.05) is 12.1 Å². The van der Waals surface area contributed by atoms with Crippen molar-refractivity contribution in [3.63, 3.8) is 0 Å². The fraction of sp³-hybridized carbons (Fsp3) is 0.381. The molecule has 1 aromatic rings. The van der Waals surface area contributed by atoms with Crippen LogP contribution in [0.5, 0.6) is 0 Å². The highest BCUT2D eigenvalue weighted by molar-refractivity contribution is 6.24. The number of amides is 1. The van der Waals surface area contributed by atoms with Crippen molar-refractivity contribution in [1.29, 1.82) is 0 Å². The Morgan fingerprint density at radius 1 is 1.27 bits per heavy atom. The molecule has 0 aromatic heterocycles. The molecular formula is C21H21FN2O6. The maximum atomic E-state index is 14.3. The topological polar surface area (TPSA) is 141 Å². The predicted octanol–water partition coefficient (Wildman–Crippen LogP) is 0.398. The van der Waals surface area contributed by atoms with E-state index in [1.807, 2.05) is 0 Å². The standard InChI is InChI=1S/C21H21FN2O6/c1-24(2)15-11-7-8-6-10-9(4-3-5-12(10)22)16(25)13(8)18(27)21(11,30)19(28)14(17(15)26)20(23)29/h3-5,8,11,15,25,28,30H,6-7H2,1-2H3,(H2,23,29)/t8-,11-,15-,21-/m0/s1. The quantitative estimate of drug-likeness (QED) is 0.511. The molecule has 0 aliphatic heterocycles. The van der Waals surface area contributed by atoms with Crippen LogP contribution in [0, 0.1) is 17.7 Å². The Morgan fingerprint density at radius 2 is 1.93 bits per heavy atom. The van der Waals surface area contributed by atoms with Gasteiger partial charge in [0, 0.05) is 17.1 Å². The zero-order chi connectivity index (χ0) is 22.1. The van der Waals surface area contributed by atoms with Crippen LogP contribution in [0.25, 0.3) is 5.76 Å². The molecule has 0 unspecified atom stereocenters. The summed E-state index contributed by atoms with van der Waals surface area (Å²) < 4.78 is 14.3. The molecule has 0 heterocycles. The van der Waals surface area contributed by atoms with Gasteiger partial charge in [0.2, 0.25) is 5.78 Å². The van der Waals surface area contributed by atoms with Crippen LogP contribution in [0.3, 0.4) is 0 Å². The van der Waals surface area contributed by atoms with E-state index in [0.29, 0.717) is 0 Å². The number of nitrogens with zero attached hydrogens (tertiary/aromatic N) is 1. The lowest BCUT2D eigenvalue weighted by atomic mass is 9.57. The normalized spacial score (nSPS) is 30.9. The predicted molar refractivity (Wildman–Crippen MR) is 103 cm³/mol. The molecule has 4 rings (SSSR count). The van der Waals surface area contributed by atoms with Crippen LogP contribution in [-0.4, -0.2) is 63.4 Å². The Morgan fingerprint density at radius 3 is 2.53 bits per heavy atom. The first kappa shape index (κ1) is 20.2. The third kappa shape index (κ3) is 2.42. The molecule has 1 amide bonds. The number of nitrogens with two attached hydrogens (primary N) is 1. The van der Waals surface area contributed by atoms with E-state index in [-0.39, 0.29) is 29.5 Å². The van der Waals surface area contributed by atoms with E-state index >= 15 is 0 Å². The van der Waals surface area contributed by atoms with Crippen molar-refractivity contribution >= 4 is 23.2 Å². The number of hydrogen-bond acceptors (Lipinski definition) is 7. The molecule has 0 radical (unpaired) electrons. The molecular weight excluding hydrogens is 395 g/mol. The van der Waals surface area contributed by atoms with Crippen molar-refractivity contribution in [1.82, 2.24) is 4.90 Å². The average molecular weight is 416 g/mol. The highest BCUT2D eigenvalue weighted by Gasteiger charge is 2.64. The van der Waals surface area contributed by atoms with Gasteiger partial charge in [0.1, 0.15) is 22.9 Å². The number of aliphatic hydroxyl groups is 3. The lowest BCUT2D eigenvalue weighted by molar-refractivity contribution is -0.153. The summed E-state index contributed by atoms with van der Waals surface area (Å²) in [4.78, 5) is 39.6. The number of fused-ring (bicyclic) bond motifs is 3. The number of aliphatic hydroxyl groups excluding tert-OH is 2. The van der Waals surface area contributed by atoms with Crippen LogP contribution in [0.4, 0.5) is 4.39 Å². The first-order valence-electron chi connectivity index (χ1n) is 9.44. The van der Waals surface area contributed by atoms with Gasteiger partial charge in [-0.05, 0) is 44.5 Å². The molecule has 0 bridgehead atoms. The summed E-state index contributed by atoms with van der Waals surface area (Å²) >= 11 is 0. The first-order chi connectivity index (χ1) is 14.0. The second-order valence-corrected chi connectivity index (χ2v) is 8.23. The number of carbonyl (C=O) groups excluding carboxylic acids is 3. The van der Waals surface area contributed by atoms with Gasteiger partial charge in [0.15, 0.2) is 11.4 Å². The van der Waals surface area contributed by atoms with Gasteiger partial charge in [0.05, 0.1) is 6.04 Å². The summed E-state index contributed by atoms with van der Waals surface area (Å²) in [5.74, 6) is -7.00. The Hall–Kier alpha value is -3.04. The summed E-state index contributed by atoms with van der Waals surface area (Å²) in [5, 5.41) is 32.8. The van der Waals surface area contributed by atoms with Crippen LogP contribution in [-0.2, 0) is 20.8 Å². The summed E-state index contributed by atoms with van der Waals surface area (Å²) in [5.41, 5.74) is 2.02. The van der Waals surface area contributed by atoms with Crippen molar-refractivity contribution in [3.05, 3.63) is 52.0 Å². The molecule has 1 fully saturated rings. The number of halogens is 1. The third-order valence-corrected chi connectivity index (χ3v) is 6.45. The molecule has 5 N–H and O–H groups in total. The SMILES string of the molecule is CN(C)[C@@H]1C(=O)C(C(N)=O)=C(O)[C@@]2(O)C(=O)C3=C(O)c4cccc(F)c4C[C@H]3C[C@@H]12. The highest BCUT2D eigenvalue weighted by Crippen LogP contribution is 2.51. The van der Waals surface area contributed by atoms with E-state index in [0.717, 1.165) is 0 Å². The highest BCUT2D eigenvalue weighted by atomic mass is 19.1. The summed E-state index contributed by atoms with van der Waals surface area (Å²) in [7, 11) is 3.07. The van der Waals surface area contributed by atoms with Crippen LogP contribution in [0.2, 0.25) is 0 Å². The van der Waals surface area contributed by atoms with Crippen molar-refractivity contribution in [2.45, 2.75) is 24.5 Å². The van der Waals surface area contributed by atoms with E-state index < -0.39 is 63.9 Å². The van der Waals surface area contributed by atoms with Gasteiger partial charge in [-0.25, -0.2) is 4.39 Å². The lowest BCUT2D eigenvalue weighted by Crippen LogP contribution is -2.65. The van der Waals surface area contributed by atoms with Gasteiger partial charge in [-0.2, -0.15) is 0 Å². The van der Waals surface area contributed by atoms with Crippen molar-refractivity contribution < 1.29 is 34.1 Å². The number of hydrogen-bond donors (Lipinski definition) is 4. The minimum atomic E-state index is -2.61. The van der Waals surface area contributed by atoms with E-state index in [2.05, 4.69) is 0 Å². The number of likely N-dealkylation sites (N-methyl/N-ethyl adjacent to an activating group) is 1. The molecule has 4 atom stereocenters. The molecule has 1 aromatic carbocycles. The minimum absolute atomic E-state index is 0.0000954. The Balaban J connectivity index is 1.98. The van der Waals surface area contributed by atoms with E-state index in [4.69, 9.17) is 5.73 Å². The fourth-order valence-electron chi connectivity index (χ4n) is 5.13. The van der Waals surface area contributed by atoms with Crippen LogP contribution in [0.1, 0.15) is 17.5 Å². The Kier molecular flexibility index (Phi) is 4.37.